The zero-order valence-corrected chi connectivity index (χ0v) is 24.4. The monoisotopic (exact) mass is 563 g/mol. The second-order valence-electron chi connectivity index (χ2n) is 10.6. The average Bonchev–Trinajstić information content (AvgIpc) is 3.66. The molecule has 2 aromatic heterocycles. The van der Waals surface area contributed by atoms with E-state index in [1.807, 2.05) is 12.1 Å². The number of aromatic nitrogens is 3. The number of pyridine rings is 1. The van der Waals surface area contributed by atoms with Gasteiger partial charge in [0, 0.05) is 6.54 Å². The number of benzene rings is 2. The minimum Gasteiger partial charge on any atom is -0.480 e. The van der Waals surface area contributed by atoms with Gasteiger partial charge in [0.25, 0.3) is 0 Å². The van der Waals surface area contributed by atoms with Gasteiger partial charge in [-0.1, -0.05) is 43.3 Å². The van der Waals surface area contributed by atoms with Crippen LogP contribution in [-0.2, 0) is 17.6 Å². The van der Waals surface area contributed by atoms with Gasteiger partial charge < -0.3 is 20.1 Å². The van der Waals surface area contributed by atoms with Gasteiger partial charge in [-0.25, -0.2) is 14.5 Å². The fraction of sp³-hybridized carbons (Fsp3) is 0.324. The van der Waals surface area contributed by atoms with Gasteiger partial charge in [-0.05, 0) is 96.8 Å². The number of carbonyl (C=O) groups is 1. The Kier molecular flexibility index (Phi) is 8.06. The normalized spacial score (nSPS) is 16.1. The molecule has 0 bridgehead atoms. The van der Waals surface area contributed by atoms with Gasteiger partial charge in [0.15, 0.2) is 0 Å². The standard InChI is InChI=1S/C34H37N5O3/c1-4-29-26(22-16-18-35-19-17-22)13-15-31(37-29)38-30-14-12-23-8-7-11-27(32(23)30)24-9-6-10-25(20-24)39-33(41-3)28(21-36-39)34(40)42-5-2/h6-11,13,15-16,20-21,30,35H,4-5,12,14,17-19H2,1-3H3,(H,37,38). The number of rotatable bonds is 9. The summed E-state index contributed by atoms with van der Waals surface area (Å²) in [6, 6.07) is 19.2. The molecule has 0 fully saturated rings. The third-order valence-corrected chi connectivity index (χ3v) is 8.10. The summed E-state index contributed by atoms with van der Waals surface area (Å²) in [5.74, 6) is 0.816. The van der Waals surface area contributed by atoms with Crippen LogP contribution in [0.3, 0.4) is 0 Å². The summed E-state index contributed by atoms with van der Waals surface area (Å²) in [6.07, 6.45) is 7.72. The SMILES string of the molecule is CCOC(=O)c1cnn(-c2cccc(-c3cccc4c3C(Nc3ccc(C5=CCNCC5)c(CC)n3)CC4)c2)c1OC. The molecule has 4 aromatic rings. The molecule has 8 heteroatoms. The Bertz CT molecular complexity index is 1640. The van der Waals surface area contributed by atoms with Crippen LogP contribution in [0, 0.1) is 0 Å². The highest BCUT2D eigenvalue weighted by atomic mass is 16.5. The number of fused-ring (bicyclic) bond motifs is 1. The van der Waals surface area contributed by atoms with Gasteiger partial charge >= 0.3 is 5.97 Å². The lowest BCUT2D eigenvalue weighted by Crippen LogP contribution is -2.20. The molecule has 216 valence electrons. The summed E-state index contributed by atoms with van der Waals surface area (Å²) in [4.78, 5) is 17.5. The van der Waals surface area contributed by atoms with Crippen LogP contribution in [0.25, 0.3) is 22.4 Å². The van der Waals surface area contributed by atoms with Crippen LogP contribution < -0.4 is 15.4 Å². The van der Waals surface area contributed by atoms with Crippen LogP contribution in [0.5, 0.6) is 5.88 Å². The molecule has 1 unspecified atom stereocenters. The van der Waals surface area contributed by atoms with E-state index in [0.717, 1.165) is 61.5 Å². The first-order chi connectivity index (χ1) is 20.6. The summed E-state index contributed by atoms with van der Waals surface area (Å²) in [5, 5.41) is 11.6. The molecule has 1 aliphatic heterocycles. The van der Waals surface area contributed by atoms with E-state index >= 15 is 0 Å². The van der Waals surface area contributed by atoms with Gasteiger partial charge in [-0.3, -0.25) is 0 Å². The van der Waals surface area contributed by atoms with E-state index in [4.69, 9.17) is 14.5 Å². The summed E-state index contributed by atoms with van der Waals surface area (Å²) in [6.45, 7) is 6.17. The lowest BCUT2D eigenvalue weighted by molar-refractivity contribution is 0.0522. The third kappa shape index (κ3) is 5.30. The zero-order valence-electron chi connectivity index (χ0n) is 24.4. The predicted molar refractivity (Wildman–Crippen MR) is 165 cm³/mol. The smallest absolute Gasteiger partial charge is 0.345 e. The highest BCUT2D eigenvalue weighted by molar-refractivity contribution is 5.92. The Hall–Kier alpha value is -4.43. The van der Waals surface area contributed by atoms with Crippen molar-refractivity contribution in [3.05, 3.63) is 94.8 Å². The molecule has 0 radical (unpaired) electrons. The topological polar surface area (TPSA) is 90.3 Å². The van der Waals surface area contributed by atoms with Crippen LogP contribution in [0.15, 0.2) is 66.9 Å². The van der Waals surface area contributed by atoms with E-state index in [9.17, 15) is 4.79 Å². The largest absolute Gasteiger partial charge is 0.480 e. The number of hydrogen-bond acceptors (Lipinski definition) is 7. The first-order valence-corrected chi connectivity index (χ1v) is 14.8. The van der Waals surface area contributed by atoms with Crippen molar-refractivity contribution < 1.29 is 14.3 Å². The molecule has 0 amide bonds. The fourth-order valence-corrected chi connectivity index (χ4v) is 6.14. The van der Waals surface area contributed by atoms with Crippen molar-refractivity contribution in [3.8, 4) is 22.7 Å². The second kappa shape index (κ2) is 12.2. The molecule has 6 rings (SSSR count). The molecule has 3 heterocycles. The number of carbonyl (C=O) groups excluding carboxylic acids is 1. The molecule has 1 aliphatic carbocycles. The number of hydrogen-bond donors (Lipinski definition) is 2. The Morgan fingerprint density at radius 3 is 2.76 bits per heavy atom. The van der Waals surface area contributed by atoms with Gasteiger partial charge in [-0.2, -0.15) is 5.10 Å². The maximum atomic E-state index is 12.4. The fourth-order valence-electron chi connectivity index (χ4n) is 6.14. The van der Waals surface area contributed by atoms with Crippen molar-refractivity contribution in [1.82, 2.24) is 20.1 Å². The molecule has 1 atom stereocenters. The molecular weight excluding hydrogens is 526 g/mol. The number of nitrogens with one attached hydrogen (secondary N) is 2. The van der Waals surface area contributed by atoms with E-state index < -0.39 is 5.97 Å². The lowest BCUT2D eigenvalue weighted by Gasteiger charge is -2.21. The molecule has 8 nitrogen and oxygen atoms in total. The molecule has 0 spiro atoms. The molecule has 2 N–H and O–H groups in total. The van der Waals surface area contributed by atoms with Crippen molar-refractivity contribution >= 4 is 17.4 Å². The van der Waals surface area contributed by atoms with Crippen molar-refractivity contribution in [2.75, 3.05) is 32.1 Å². The summed E-state index contributed by atoms with van der Waals surface area (Å²) in [5.41, 5.74) is 9.81. The van der Waals surface area contributed by atoms with Crippen LogP contribution in [0.2, 0.25) is 0 Å². The Balaban J connectivity index is 1.31. The van der Waals surface area contributed by atoms with Crippen molar-refractivity contribution in [2.24, 2.45) is 0 Å². The highest BCUT2D eigenvalue weighted by Gasteiger charge is 2.27. The second-order valence-corrected chi connectivity index (χ2v) is 10.6. The van der Waals surface area contributed by atoms with Gasteiger partial charge in [0.05, 0.1) is 37.3 Å². The number of ether oxygens (including phenoxy) is 2. The molecule has 2 aromatic carbocycles. The lowest BCUT2D eigenvalue weighted by atomic mass is 9.94. The van der Waals surface area contributed by atoms with Crippen molar-refractivity contribution in [3.63, 3.8) is 0 Å². The number of methoxy groups -OCH3 is 1. The van der Waals surface area contributed by atoms with Gasteiger partial charge in [0.2, 0.25) is 5.88 Å². The quantitative estimate of drug-likeness (QED) is 0.236. The van der Waals surface area contributed by atoms with Crippen LogP contribution in [-0.4, -0.2) is 47.5 Å². The first kappa shape index (κ1) is 27.7. The predicted octanol–water partition coefficient (Wildman–Crippen LogP) is 6.16. The minimum atomic E-state index is -0.452. The van der Waals surface area contributed by atoms with E-state index in [-0.39, 0.29) is 12.6 Å². The Morgan fingerprint density at radius 1 is 1.10 bits per heavy atom. The van der Waals surface area contributed by atoms with E-state index in [2.05, 4.69) is 71.2 Å². The van der Waals surface area contributed by atoms with Gasteiger partial charge in [-0.15, -0.1) is 0 Å². The highest BCUT2D eigenvalue weighted by Crippen LogP contribution is 2.41. The molecular formula is C34H37N5O3. The van der Waals surface area contributed by atoms with Gasteiger partial charge in [0.1, 0.15) is 11.4 Å². The number of nitrogens with zero attached hydrogens (tertiary/aromatic N) is 3. The van der Waals surface area contributed by atoms with Crippen LogP contribution in [0.4, 0.5) is 5.82 Å². The molecule has 0 saturated carbocycles. The van der Waals surface area contributed by atoms with Crippen LogP contribution in [0.1, 0.15) is 65.5 Å². The summed E-state index contributed by atoms with van der Waals surface area (Å²) < 4.78 is 12.4. The van der Waals surface area contributed by atoms with Crippen molar-refractivity contribution in [2.45, 2.75) is 45.6 Å². The van der Waals surface area contributed by atoms with E-state index in [1.54, 1.807) is 11.6 Å². The number of esters is 1. The zero-order chi connectivity index (χ0) is 29.1. The van der Waals surface area contributed by atoms with E-state index in [0.29, 0.717) is 11.4 Å². The maximum Gasteiger partial charge on any atom is 0.345 e. The van der Waals surface area contributed by atoms with E-state index in [1.165, 1.54) is 41.1 Å². The van der Waals surface area contributed by atoms with Crippen molar-refractivity contribution in [1.29, 1.82) is 0 Å². The van der Waals surface area contributed by atoms with Crippen LogP contribution >= 0.6 is 0 Å². The summed E-state index contributed by atoms with van der Waals surface area (Å²) in [7, 11) is 1.54. The molecule has 2 aliphatic rings. The molecule has 0 saturated heterocycles. The Morgan fingerprint density at radius 2 is 1.98 bits per heavy atom. The molecule has 42 heavy (non-hydrogen) atoms. The summed E-state index contributed by atoms with van der Waals surface area (Å²) >= 11 is 0. The average molecular weight is 564 g/mol. The maximum absolute atomic E-state index is 12.4. The first-order valence-electron chi connectivity index (χ1n) is 14.8. The number of anilines is 1. The number of aryl methyl sites for hydroxylation is 2. The minimum absolute atomic E-state index is 0.149. The Labute approximate surface area is 246 Å². The third-order valence-electron chi connectivity index (χ3n) is 8.10.